The van der Waals surface area contributed by atoms with Crippen molar-refractivity contribution in [3.63, 3.8) is 0 Å². The van der Waals surface area contributed by atoms with Gasteiger partial charge < -0.3 is 10.3 Å². The number of hydrogen-bond acceptors (Lipinski definition) is 3. The van der Waals surface area contributed by atoms with Crippen molar-refractivity contribution in [2.45, 2.75) is 0 Å². The summed E-state index contributed by atoms with van der Waals surface area (Å²) in [6.07, 6.45) is -0.177. The first-order chi connectivity index (χ1) is 3.98. The van der Waals surface area contributed by atoms with Gasteiger partial charge in [0.2, 0.25) is 13.3 Å². The Labute approximate surface area is 53.8 Å². The van der Waals surface area contributed by atoms with Crippen LogP contribution in [0.5, 0.6) is 0 Å². The molecule has 1 atom stereocenters. The van der Waals surface area contributed by atoms with Gasteiger partial charge in [0.15, 0.2) is 0 Å². The maximum absolute atomic E-state index is 10.9. The van der Waals surface area contributed by atoms with Crippen molar-refractivity contribution in [3.05, 3.63) is 0 Å². The molecule has 0 saturated heterocycles. The third-order valence-electron chi connectivity index (χ3n) is 0.829. The molecule has 0 aromatic carbocycles. The van der Waals surface area contributed by atoms with E-state index in [-0.39, 0.29) is 6.16 Å². The van der Waals surface area contributed by atoms with Crippen molar-refractivity contribution < 1.29 is 13.9 Å². The van der Waals surface area contributed by atoms with E-state index in [9.17, 15) is 9.36 Å². The molecule has 1 amide bonds. The van der Waals surface area contributed by atoms with Crippen molar-refractivity contribution in [2.75, 3.05) is 19.9 Å². The van der Waals surface area contributed by atoms with Crippen LogP contribution in [0, 0.1) is 0 Å². The molecule has 0 aliphatic carbocycles. The standard InChI is InChI=1S/C4H10NO3P/c1-8-9(2,7)3-4(5)6/h3H2,1-2H3,(H2,5,6). The van der Waals surface area contributed by atoms with Crippen molar-refractivity contribution in [2.24, 2.45) is 5.73 Å². The molecule has 0 aliphatic rings. The monoisotopic (exact) mass is 151 g/mol. The Bertz CT molecular complexity index is 156. The van der Waals surface area contributed by atoms with Gasteiger partial charge in [0.05, 0.1) is 0 Å². The maximum atomic E-state index is 10.9. The highest BCUT2D eigenvalue weighted by Gasteiger charge is 2.16. The molecule has 5 heteroatoms. The average Bonchev–Trinajstić information content (AvgIpc) is 1.63. The topological polar surface area (TPSA) is 69.4 Å². The summed E-state index contributed by atoms with van der Waals surface area (Å²) in [6, 6.07) is 0. The molecule has 0 heterocycles. The molecule has 0 saturated carbocycles. The van der Waals surface area contributed by atoms with Gasteiger partial charge in [-0.25, -0.2) is 0 Å². The molecular formula is C4H10NO3P. The summed E-state index contributed by atoms with van der Waals surface area (Å²) in [5.41, 5.74) is 4.76. The molecule has 0 aromatic rings. The number of rotatable bonds is 3. The van der Waals surface area contributed by atoms with Crippen LogP contribution in [-0.2, 0) is 13.9 Å². The minimum Gasteiger partial charge on any atom is -0.369 e. The Morgan fingerprint density at radius 3 is 2.33 bits per heavy atom. The van der Waals surface area contributed by atoms with E-state index in [1.54, 1.807) is 0 Å². The van der Waals surface area contributed by atoms with Crippen LogP contribution in [0.3, 0.4) is 0 Å². The summed E-state index contributed by atoms with van der Waals surface area (Å²) in [4.78, 5) is 10.1. The van der Waals surface area contributed by atoms with Crippen LogP contribution in [0.4, 0.5) is 0 Å². The van der Waals surface area contributed by atoms with Gasteiger partial charge >= 0.3 is 0 Å². The van der Waals surface area contributed by atoms with E-state index in [0.29, 0.717) is 0 Å². The molecule has 9 heavy (non-hydrogen) atoms. The number of carbonyl (C=O) groups is 1. The predicted octanol–water partition coefficient (Wildman–Crippen LogP) is 0.0260. The normalized spacial score (nSPS) is 16.7. The molecule has 0 rings (SSSR count). The molecular weight excluding hydrogens is 141 g/mol. The number of hydrogen-bond donors (Lipinski definition) is 1. The summed E-state index contributed by atoms with van der Waals surface area (Å²) >= 11 is 0. The van der Waals surface area contributed by atoms with Crippen LogP contribution in [0.15, 0.2) is 0 Å². The molecule has 2 N–H and O–H groups in total. The quantitative estimate of drug-likeness (QED) is 0.578. The first-order valence-electron chi connectivity index (χ1n) is 2.38. The van der Waals surface area contributed by atoms with Gasteiger partial charge in [-0.2, -0.15) is 0 Å². The van der Waals surface area contributed by atoms with E-state index in [2.05, 4.69) is 4.52 Å². The fraction of sp³-hybridized carbons (Fsp3) is 0.750. The number of carbonyl (C=O) groups excluding carboxylic acids is 1. The van der Waals surface area contributed by atoms with Crippen LogP contribution < -0.4 is 5.73 Å². The lowest BCUT2D eigenvalue weighted by Gasteiger charge is -2.05. The predicted molar refractivity (Wildman–Crippen MR) is 34.6 cm³/mol. The van der Waals surface area contributed by atoms with E-state index in [0.717, 1.165) is 0 Å². The van der Waals surface area contributed by atoms with E-state index in [1.165, 1.54) is 13.8 Å². The Morgan fingerprint density at radius 1 is 1.78 bits per heavy atom. The number of nitrogens with two attached hydrogens (primary N) is 1. The molecule has 0 aromatic heterocycles. The SMILES string of the molecule is COP(C)(=O)CC(N)=O. The molecule has 0 bridgehead atoms. The van der Waals surface area contributed by atoms with Crippen LogP contribution in [0.25, 0.3) is 0 Å². The van der Waals surface area contributed by atoms with E-state index in [4.69, 9.17) is 5.73 Å². The summed E-state index contributed by atoms with van der Waals surface area (Å²) in [5.74, 6) is -0.595. The van der Waals surface area contributed by atoms with Crippen molar-refractivity contribution in [1.82, 2.24) is 0 Å². The zero-order chi connectivity index (χ0) is 7.49. The Hall–Kier alpha value is -0.340. The van der Waals surface area contributed by atoms with Crippen molar-refractivity contribution >= 4 is 13.3 Å². The van der Waals surface area contributed by atoms with Crippen LogP contribution >= 0.6 is 7.37 Å². The van der Waals surface area contributed by atoms with Gasteiger partial charge in [0, 0.05) is 13.8 Å². The molecule has 1 unspecified atom stereocenters. The highest BCUT2D eigenvalue weighted by Crippen LogP contribution is 2.40. The molecule has 54 valence electrons. The van der Waals surface area contributed by atoms with E-state index < -0.39 is 13.3 Å². The maximum Gasteiger partial charge on any atom is 0.227 e. The van der Waals surface area contributed by atoms with E-state index in [1.807, 2.05) is 0 Å². The van der Waals surface area contributed by atoms with Gasteiger partial charge in [0.1, 0.15) is 6.16 Å². The average molecular weight is 151 g/mol. The third kappa shape index (κ3) is 4.18. The minimum absolute atomic E-state index is 0.177. The van der Waals surface area contributed by atoms with Gasteiger partial charge in [-0.1, -0.05) is 0 Å². The summed E-state index contributed by atoms with van der Waals surface area (Å²) in [5, 5.41) is 0. The zero-order valence-electron chi connectivity index (χ0n) is 5.46. The second-order valence-corrected chi connectivity index (χ2v) is 4.53. The lowest BCUT2D eigenvalue weighted by atomic mass is 10.8. The fourth-order valence-corrected chi connectivity index (χ4v) is 1.04. The number of primary amides is 1. The summed E-state index contributed by atoms with van der Waals surface area (Å²) < 4.78 is 15.4. The van der Waals surface area contributed by atoms with Gasteiger partial charge in [0.25, 0.3) is 0 Å². The van der Waals surface area contributed by atoms with Gasteiger partial charge in [-0.15, -0.1) is 0 Å². The molecule has 4 nitrogen and oxygen atoms in total. The van der Waals surface area contributed by atoms with E-state index >= 15 is 0 Å². The fourth-order valence-electron chi connectivity index (χ4n) is 0.348. The molecule has 0 fully saturated rings. The zero-order valence-corrected chi connectivity index (χ0v) is 6.35. The second kappa shape index (κ2) is 2.99. The first-order valence-corrected chi connectivity index (χ1v) is 4.64. The first kappa shape index (κ1) is 8.66. The summed E-state index contributed by atoms with van der Waals surface area (Å²) in [6.45, 7) is 1.37. The third-order valence-corrected chi connectivity index (χ3v) is 2.49. The second-order valence-electron chi connectivity index (χ2n) is 1.82. The number of amides is 1. The highest BCUT2D eigenvalue weighted by molar-refractivity contribution is 7.59. The van der Waals surface area contributed by atoms with Gasteiger partial charge in [-0.05, 0) is 0 Å². The molecule has 0 radical (unpaired) electrons. The van der Waals surface area contributed by atoms with Crippen LogP contribution in [0.2, 0.25) is 0 Å². The Balaban J connectivity index is 3.88. The van der Waals surface area contributed by atoms with Gasteiger partial charge in [-0.3, -0.25) is 9.36 Å². The van der Waals surface area contributed by atoms with Crippen molar-refractivity contribution in [3.8, 4) is 0 Å². The smallest absolute Gasteiger partial charge is 0.227 e. The molecule has 0 spiro atoms. The molecule has 0 aliphatic heterocycles. The largest absolute Gasteiger partial charge is 0.369 e. The van der Waals surface area contributed by atoms with Crippen LogP contribution in [0.1, 0.15) is 0 Å². The van der Waals surface area contributed by atoms with Crippen molar-refractivity contribution in [1.29, 1.82) is 0 Å². The summed E-state index contributed by atoms with van der Waals surface area (Å²) in [7, 11) is -1.41. The Morgan fingerprint density at radius 2 is 2.22 bits per heavy atom. The Kier molecular flexibility index (Phi) is 2.88. The highest BCUT2D eigenvalue weighted by atomic mass is 31.2. The van der Waals surface area contributed by atoms with Crippen LogP contribution in [-0.4, -0.2) is 25.8 Å². The lowest BCUT2D eigenvalue weighted by molar-refractivity contribution is -0.115. The lowest BCUT2D eigenvalue weighted by Crippen LogP contribution is -2.15. The minimum atomic E-state index is -2.70.